The third kappa shape index (κ3) is 3.47. The zero-order chi connectivity index (χ0) is 13.1. The highest BCUT2D eigenvalue weighted by molar-refractivity contribution is 5.91. The van der Waals surface area contributed by atoms with E-state index in [2.05, 4.69) is 5.43 Å². The first-order valence-electron chi connectivity index (χ1n) is 4.53. The Balaban J connectivity index is 2.81. The van der Waals surface area contributed by atoms with Crippen molar-refractivity contribution in [1.29, 1.82) is 0 Å². The number of hydrazine groups is 1. The number of carbonyl (C=O) groups is 2. The highest BCUT2D eigenvalue weighted by Gasteiger charge is 2.43. The van der Waals surface area contributed by atoms with Crippen molar-refractivity contribution in [2.45, 2.75) is 13.1 Å². The van der Waals surface area contributed by atoms with Crippen LogP contribution in [-0.2, 0) is 9.59 Å². The second-order valence-corrected chi connectivity index (χ2v) is 3.26. The molecule has 17 heavy (non-hydrogen) atoms. The van der Waals surface area contributed by atoms with Crippen molar-refractivity contribution in [3.8, 4) is 0 Å². The van der Waals surface area contributed by atoms with Crippen LogP contribution in [0.3, 0.4) is 0 Å². The summed E-state index contributed by atoms with van der Waals surface area (Å²) < 4.78 is 36.2. The van der Waals surface area contributed by atoms with Crippen LogP contribution in [0.2, 0.25) is 0 Å². The standard InChI is InChI=1S/C10H9F3N2O2/c1-7-2-4-8(5-3-7)14-15(6-16)9(17)10(11,12)13/h2-6,14H,1H3. The number of anilines is 1. The maximum atomic E-state index is 12.1. The summed E-state index contributed by atoms with van der Waals surface area (Å²) in [6.07, 6.45) is -5.33. The molecule has 0 atom stereocenters. The van der Waals surface area contributed by atoms with Crippen LogP contribution >= 0.6 is 0 Å². The number of imide groups is 1. The zero-order valence-corrected chi connectivity index (χ0v) is 8.78. The topological polar surface area (TPSA) is 49.4 Å². The summed E-state index contributed by atoms with van der Waals surface area (Å²) in [6, 6.07) is 6.16. The SMILES string of the molecule is Cc1ccc(NN(C=O)C(=O)C(F)(F)F)cc1. The van der Waals surface area contributed by atoms with Crippen LogP contribution in [0, 0.1) is 6.92 Å². The molecule has 1 rings (SSSR count). The van der Waals surface area contributed by atoms with Gasteiger partial charge >= 0.3 is 12.1 Å². The number of hydrogen-bond acceptors (Lipinski definition) is 3. The Morgan fingerprint density at radius 1 is 1.29 bits per heavy atom. The minimum atomic E-state index is -5.10. The molecule has 0 unspecified atom stereocenters. The average Bonchev–Trinajstić information content (AvgIpc) is 2.26. The van der Waals surface area contributed by atoms with Crippen molar-refractivity contribution < 1.29 is 22.8 Å². The third-order valence-corrected chi connectivity index (χ3v) is 1.87. The van der Waals surface area contributed by atoms with Crippen LogP contribution in [0.4, 0.5) is 18.9 Å². The number of hydrogen-bond donors (Lipinski definition) is 1. The second-order valence-electron chi connectivity index (χ2n) is 3.26. The van der Waals surface area contributed by atoms with E-state index in [0.717, 1.165) is 5.56 Å². The van der Waals surface area contributed by atoms with Crippen LogP contribution in [-0.4, -0.2) is 23.5 Å². The minimum Gasteiger partial charge on any atom is -0.289 e. The molecule has 0 spiro atoms. The maximum absolute atomic E-state index is 12.1. The molecule has 0 aromatic heterocycles. The van der Waals surface area contributed by atoms with Crippen LogP contribution in [0.15, 0.2) is 24.3 Å². The average molecular weight is 246 g/mol. The molecule has 4 nitrogen and oxygen atoms in total. The monoisotopic (exact) mass is 246 g/mol. The first kappa shape index (κ1) is 13.0. The van der Waals surface area contributed by atoms with Gasteiger partial charge in [0, 0.05) is 0 Å². The van der Waals surface area contributed by atoms with Gasteiger partial charge in [-0.25, -0.2) is 0 Å². The number of rotatable bonds is 3. The van der Waals surface area contributed by atoms with Crippen LogP contribution in [0.25, 0.3) is 0 Å². The quantitative estimate of drug-likeness (QED) is 0.654. The summed E-state index contributed by atoms with van der Waals surface area (Å²) in [6.45, 7) is 1.79. The van der Waals surface area contributed by atoms with Crippen molar-refractivity contribution >= 4 is 18.0 Å². The van der Waals surface area contributed by atoms with E-state index in [1.54, 1.807) is 19.1 Å². The van der Waals surface area contributed by atoms with E-state index in [1.807, 2.05) is 0 Å². The molecule has 0 aliphatic heterocycles. The number of aryl methyl sites for hydroxylation is 1. The molecule has 0 aliphatic carbocycles. The largest absolute Gasteiger partial charge is 0.473 e. The van der Waals surface area contributed by atoms with Gasteiger partial charge < -0.3 is 0 Å². The lowest BCUT2D eigenvalue weighted by Crippen LogP contribution is -2.43. The molecule has 0 heterocycles. The van der Waals surface area contributed by atoms with E-state index in [1.165, 1.54) is 12.1 Å². The van der Waals surface area contributed by atoms with E-state index in [0.29, 0.717) is 0 Å². The van der Waals surface area contributed by atoms with Gasteiger partial charge in [0.05, 0.1) is 5.69 Å². The number of halogens is 3. The fraction of sp³-hybridized carbons (Fsp3) is 0.200. The number of nitrogens with zero attached hydrogens (tertiary/aromatic N) is 1. The Hall–Kier alpha value is -2.05. The van der Waals surface area contributed by atoms with Crippen molar-refractivity contribution in [2.24, 2.45) is 0 Å². The van der Waals surface area contributed by atoms with Gasteiger partial charge in [-0.1, -0.05) is 17.7 Å². The second kappa shape index (κ2) is 4.86. The smallest absolute Gasteiger partial charge is 0.289 e. The van der Waals surface area contributed by atoms with Gasteiger partial charge in [-0.15, -0.1) is 0 Å². The van der Waals surface area contributed by atoms with Gasteiger partial charge in [-0.2, -0.15) is 18.2 Å². The molecule has 2 amide bonds. The Labute approximate surface area is 95.0 Å². The lowest BCUT2D eigenvalue weighted by molar-refractivity contribution is -0.184. The van der Waals surface area contributed by atoms with Crippen molar-refractivity contribution in [3.05, 3.63) is 29.8 Å². The molecule has 7 heteroatoms. The van der Waals surface area contributed by atoms with Gasteiger partial charge in [-0.3, -0.25) is 15.0 Å². The van der Waals surface area contributed by atoms with Gasteiger partial charge in [0.2, 0.25) is 6.41 Å². The first-order chi connectivity index (χ1) is 7.84. The molecule has 1 aromatic rings. The summed E-state index contributed by atoms with van der Waals surface area (Å²) in [7, 11) is 0. The number of carbonyl (C=O) groups excluding carboxylic acids is 2. The highest BCUT2D eigenvalue weighted by Crippen LogP contribution is 2.18. The number of alkyl halides is 3. The van der Waals surface area contributed by atoms with Crippen molar-refractivity contribution in [3.63, 3.8) is 0 Å². The van der Waals surface area contributed by atoms with E-state index >= 15 is 0 Å². The summed E-state index contributed by atoms with van der Waals surface area (Å²) in [5.74, 6) is -2.27. The summed E-state index contributed by atoms with van der Waals surface area (Å²) in [5.41, 5.74) is 3.17. The number of amides is 2. The first-order valence-corrected chi connectivity index (χ1v) is 4.53. The molecule has 0 fully saturated rings. The Morgan fingerprint density at radius 3 is 2.24 bits per heavy atom. The van der Waals surface area contributed by atoms with Gasteiger partial charge in [-0.05, 0) is 19.1 Å². The van der Waals surface area contributed by atoms with Gasteiger partial charge in [0.15, 0.2) is 0 Å². The lowest BCUT2D eigenvalue weighted by Gasteiger charge is -2.18. The fourth-order valence-electron chi connectivity index (χ4n) is 1.03. The molecule has 1 aromatic carbocycles. The molecule has 1 N–H and O–H groups in total. The van der Waals surface area contributed by atoms with Gasteiger partial charge in [0.25, 0.3) is 0 Å². The predicted octanol–water partition coefficient (Wildman–Crippen LogP) is 1.87. The molecule has 92 valence electrons. The lowest BCUT2D eigenvalue weighted by atomic mass is 10.2. The van der Waals surface area contributed by atoms with Crippen molar-refractivity contribution in [1.82, 2.24) is 5.01 Å². The van der Waals surface area contributed by atoms with Crippen LogP contribution < -0.4 is 5.43 Å². The normalized spacial score (nSPS) is 10.8. The maximum Gasteiger partial charge on any atom is 0.473 e. The molecule has 0 aliphatic rings. The van der Waals surface area contributed by atoms with Gasteiger partial charge in [0.1, 0.15) is 0 Å². The summed E-state index contributed by atoms with van der Waals surface area (Å²) in [4.78, 5) is 21.2. The third-order valence-electron chi connectivity index (χ3n) is 1.87. The summed E-state index contributed by atoms with van der Waals surface area (Å²) >= 11 is 0. The van der Waals surface area contributed by atoms with E-state index < -0.39 is 12.1 Å². The minimum absolute atomic E-state index is 0.148. The number of nitrogens with one attached hydrogen (secondary N) is 1. The van der Waals surface area contributed by atoms with Crippen LogP contribution in [0.5, 0.6) is 0 Å². The predicted molar refractivity (Wildman–Crippen MR) is 53.8 cm³/mol. The molecular weight excluding hydrogens is 237 g/mol. The Morgan fingerprint density at radius 2 is 1.82 bits per heavy atom. The molecule has 0 saturated heterocycles. The van der Waals surface area contributed by atoms with Crippen molar-refractivity contribution in [2.75, 3.05) is 5.43 Å². The molecule has 0 saturated carbocycles. The Bertz CT molecular complexity index is 415. The number of benzene rings is 1. The molecular formula is C10H9F3N2O2. The summed E-state index contributed by atoms with van der Waals surface area (Å²) in [5, 5.41) is -0.148. The van der Waals surface area contributed by atoms with E-state index in [-0.39, 0.29) is 17.1 Å². The highest BCUT2D eigenvalue weighted by atomic mass is 19.4. The van der Waals surface area contributed by atoms with E-state index in [4.69, 9.17) is 0 Å². The van der Waals surface area contributed by atoms with Crippen LogP contribution in [0.1, 0.15) is 5.56 Å². The molecule has 0 radical (unpaired) electrons. The Kier molecular flexibility index (Phi) is 3.72. The zero-order valence-electron chi connectivity index (χ0n) is 8.78. The van der Waals surface area contributed by atoms with E-state index in [9.17, 15) is 22.8 Å². The fourth-order valence-corrected chi connectivity index (χ4v) is 1.03. The molecule has 0 bridgehead atoms.